The second-order valence-corrected chi connectivity index (χ2v) is 8.07. The number of nitrogens with one attached hydrogen (secondary N) is 2. The van der Waals surface area contributed by atoms with Crippen LogP contribution >= 0.6 is 24.0 Å². The minimum atomic E-state index is -0.265. The summed E-state index contributed by atoms with van der Waals surface area (Å²) < 4.78 is 24.7. The van der Waals surface area contributed by atoms with Crippen molar-refractivity contribution in [1.82, 2.24) is 15.5 Å². The normalized spacial score (nSPS) is 16.1. The van der Waals surface area contributed by atoms with Gasteiger partial charge in [-0.05, 0) is 61.2 Å². The van der Waals surface area contributed by atoms with Gasteiger partial charge in [-0.15, -0.1) is 24.0 Å². The number of hydrogen-bond donors (Lipinski definition) is 2. The fourth-order valence-corrected chi connectivity index (χ4v) is 4.13. The van der Waals surface area contributed by atoms with E-state index in [-0.39, 0.29) is 36.6 Å². The topological polar surface area (TPSA) is 58.1 Å². The van der Waals surface area contributed by atoms with Crippen molar-refractivity contribution in [2.24, 2.45) is 4.99 Å². The summed E-state index contributed by atoms with van der Waals surface area (Å²) in [4.78, 5) is 6.79. The van der Waals surface area contributed by atoms with E-state index in [2.05, 4.69) is 44.8 Å². The zero-order chi connectivity index (χ0) is 21.5. The third-order valence-electron chi connectivity index (χ3n) is 5.75. The van der Waals surface area contributed by atoms with Crippen molar-refractivity contribution in [1.29, 1.82) is 0 Å². The van der Waals surface area contributed by atoms with Crippen LogP contribution < -0.4 is 15.4 Å². The van der Waals surface area contributed by atoms with Crippen LogP contribution in [-0.4, -0.2) is 44.3 Å². The third kappa shape index (κ3) is 6.79. The highest BCUT2D eigenvalue weighted by atomic mass is 127. The summed E-state index contributed by atoms with van der Waals surface area (Å²) in [5.74, 6) is 1.20. The van der Waals surface area contributed by atoms with E-state index in [1.165, 1.54) is 49.2 Å². The van der Waals surface area contributed by atoms with E-state index >= 15 is 0 Å². The number of guanidine groups is 1. The largest absolute Gasteiger partial charge is 0.467 e. The highest BCUT2D eigenvalue weighted by Gasteiger charge is 2.17. The van der Waals surface area contributed by atoms with Crippen LogP contribution in [0.1, 0.15) is 35.1 Å². The van der Waals surface area contributed by atoms with Gasteiger partial charge in [0.05, 0.1) is 6.61 Å². The molecule has 0 radical (unpaired) electrons. The number of benzene rings is 2. The number of rotatable bonds is 7. The molecule has 0 atom stereocenters. The minimum absolute atomic E-state index is 0. The predicted octanol–water partition coefficient (Wildman–Crippen LogP) is 3.81. The molecule has 1 saturated heterocycles. The van der Waals surface area contributed by atoms with Gasteiger partial charge in [0.1, 0.15) is 11.6 Å². The summed E-state index contributed by atoms with van der Waals surface area (Å²) >= 11 is 0. The monoisotopic (exact) mass is 554 g/mol. The first-order valence-corrected chi connectivity index (χ1v) is 11.0. The molecule has 0 amide bonds. The Hall–Kier alpha value is -1.91. The van der Waals surface area contributed by atoms with Crippen LogP contribution in [0, 0.1) is 5.82 Å². The first-order chi connectivity index (χ1) is 15.2. The van der Waals surface area contributed by atoms with Crippen molar-refractivity contribution in [2.45, 2.75) is 39.0 Å². The van der Waals surface area contributed by atoms with Crippen LogP contribution in [0.15, 0.2) is 41.4 Å². The Balaban J connectivity index is 0.00000289. The Labute approximate surface area is 206 Å². The van der Waals surface area contributed by atoms with Gasteiger partial charge >= 0.3 is 0 Å². The molecule has 0 aromatic heterocycles. The maximum atomic E-state index is 13.9. The molecule has 2 heterocycles. The molecule has 174 valence electrons. The maximum absolute atomic E-state index is 13.9. The Morgan fingerprint density at radius 3 is 2.59 bits per heavy atom. The molecule has 6 nitrogen and oxygen atoms in total. The highest BCUT2D eigenvalue weighted by molar-refractivity contribution is 14.0. The van der Waals surface area contributed by atoms with Crippen LogP contribution in [0.25, 0.3) is 0 Å². The van der Waals surface area contributed by atoms with Crippen LogP contribution in [0.2, 0.25) is 0 Å². The summed E-state index contributed by atoms with van der Waals surface area (Å²) in [6.07, 6.45) is 3.26. The van der Waals surface area contributed by atoms with E-state index in [1.54, 1.807) is 7.05 Å². The molecule has 0 aliphatic carbocycles. The third-order valence-corrected chi connectivity index (χ3v) is 5.75. The van der Waals surface area contributed by atoms with Crippen molar-refractivity contribution >= 4 is 29.9 Å². The van der Waals surface area contributed by atoms with E-state index in [9.17, 15) is 4.39 Å². The van der Waals surface area contributed by atoms with Gasteiger partial charge in [0.2, 0.25) is 0 Å². The van der Waals surface area contributed by atoms with Gasteiger partial charge < -0.3 is 20.1 Å². The summed E-state index contributed by atoms with van der Waals surface area (Å²) in [5.41, 5.74) is 4.17. The first kappa shape index (κ1) is 24.7. The van der Waals surface area contributed by atoms with E-state index in [1.807, 2.05) is 0 Å². The maximum Gasteiger partial charge on any atom is 0.191 e. The van der Waals surface area contributed by atoms with Crippen molar-refractivity contribution in [3.05, 3.63) is 64.5 Å². The molecular weight excluding hydrogens is 522 g/mol. The van der Waals surface area contributed by atoms with Crippen LogP contribution in [0.5, 0.6) is 5.75 Å². The zero-order valence-corrected chi connectivity index (χ0v) is 20.9. The molecule has 8 heteroatoms. The smallest absolute Gasteiger partial charge is 0.191 e. The lowest BCUT2D eigenvalue weighted by Gasteiger charge is -2.21. The Kier molecular flexibility index (Phi) is 9.55. The van der Waals surface area contributed by atoms with Gasteiger partial charge in [0.25, 0.3) is 0 Å². The average Bonchev–Trinajstić information content (AvgIpc) is 3.30. The first-order valence-electron chi connectivity index (χ1n) is 11.0. The van der Waals surface area contributed by atoms with E-state index in [4.69, 9.17) is 9.47 Å². The highest BCUT2D eigenvalue weighted by Crippen LogP contribution is 2.29. The lowest BCUT2D eigenvalue weighted by molar-refractivity contribution is -0.0172. The number of halogens is 2. The molecule has 0 saturated carbocycles. The van der Waals surface area contributed by atoms with Crippen molar-refractivity contribution in [3.8, 4) is 5.75 Å². The van der Waals surface area contributed by atoms with E-state index < -0.39 is 0 Å². The SMILES string of the molecule is CN=C(NCCc1cc(F)cc2c1OCOC2)NCc1ccc(CN2CCCC2)cc1.I. The molecule has 2 aromatic rings. The summed E-state index contributed by atoms with van der Waals surface area (Å²) in [5, 5.41) is 6.64. The lowest BCUT2D eigenvalue weighted by atomic mass is 10.1. The molecule has 0 spiro atoms. The zero-order valence-electron chi connectivity index (χ0n) is 18.5. The Morgan fingerprint density at radius 1 is 1.09 bits per heavy atom. The number of aliphatic imine (C=N–C) groups is 1. The number of nitrogens with zero attached hydrogens (tertiary/aromatic N) is 2. The van der Waals surface area contributed by atoms with E-state index in [0.717, 1.165) is 29.4 Å². The van der Waals surface area contributed by atoms with Gasteiger partial charge in [0.15, 0.2) is 12.8 Å². The Morgan fingerprint density at radius 2 is 1.84 bits per heavy atom. The fraction of sp³-hybridized carbons (Fsp3) is 0.458. The number of hydrogen-bond acceptors (Lipinski definition) is 4. The molecule has 1 fully saturated rings. The summed E-state index contributed by atoms with van der Waals surface area (Å²) in [7, 11) is 1.75. The van der Waals surface area contributed by atoms with Gasteiger partial charge in [0, 0.05) is 32.2 Å². The van der Waals surface area contributed by atoms with Crippen molar-refractivity contribution in [2.75, 3.05) is 33.5 Å². The molecule has 2 aliphatic rings. The molecular formula is C24H32FIN4O2. The van der Waals surface area contributed by atoms with Gasteiger partial charge in [-0.3, -0.25) is 9.89 Å². The van der Waals surface area contributed by atoms with Crippen LogP contribution in [-0.2, 0) is 30.9 Å². The molecule has 2 N–H and O–H groups in total. The van der Waals surface area contributed by atoms with Gasteiger partial charge in [-0.2, -0.15) is 0 Å². The Bertz CT molecular complexity index is 902. The quantitative estimate of drug-likeness (QED) is 0.310. The van der Waals surface area contributed by atoms with Gasteiger partial charge in [-0.25, -0.2) is 4.39 Å². The number of likely N-dealkylation sites (tertiary alicyclic amines) is 1. The minimum Gasteiger partial charge on any atom is -0.467 e. The molecule has 32 heavy (non-hydrogen) atoms. The molecule has 2 aromatic carbocycles. The molecule has 0 bridgehead atoms. The standard InChI is InChI=1S/C24H31FN4O2.HI/c1-26-24(27-9-8-20-12-22(25)13-21-16-30-17-31-23(20)21)28-14-18-4-6-19(7-5-18)15-29-10-2-3-11-29;/h4-7,12-13H,2-3,8-11,14-17H2,1H3,(H2,26,27,28);1H. The molecule has 4 rings (SSSR count). The van der Waals surface area contributed by atoms with Crippen molar-refractivity contribution in [3.63, 3.8) is 0 Å². The fourth-order valence-electron chi connectivity index (χ4n) is 4.13. The van der Waals surface area contributed by atoms with E-state index in [0.29, 0.717) is 26.1 Å². The summed E-state index contributed by atoms with van der Waals surface area (Å²) in [6, 6.07) is 11.8. The van der Waals surface area contributed by atoms with Crippen LogP contribution in [0.3, 0.4) is 0 Å². The summed E-state index contributed by atoms with van der Waals surface area (Å²) in [6.45, 7) is 5.37. The molecule has 2 aliphatic heterocycles. The molecule has 0 unspecified atom stereocenters. The second-order valence-electron chi connectivity index (χ2n) is 8.07. The van der Waals surface area contributed by atoms with Crippen LogP contribution in [0.4, 0.5) is 4.39 Å². The van der Waals surface area contributed by atoms with Crippen molar-refractivity contribution < 1.29 is 13.9 Å². The lowest BCUT2D eigenvalue weighted by Crippen LogP contribution is -2.38. The number of fused-ring (bicyclic) bond motifs is 1. The van der Waals surface area contributed by atoms with Gasteiger partial charge in [-0.1, -0.05) is 24.3 Å². The predicted molar refractivity (Wildman–Crippen MR) is 135 cm³/mol. The second kappa shape index (κ2) is 12.4. The number of ether oxygens (including phenoxy) is 2. The average molecular weight is 554 g/mol.